The largest absolute Gasteiger partial charge is 0.491 e. The smallest absolute Gasteiger partial charge is 0.119 e. The Kier molecular flexibility index (Phi) is 24.1. The van der Waals surface area contributed by atoms with Crippen molar-refractivity contribution in [2.24, 2.45) is 0 Å². The second kappa shape index (κ2) is 26.4. The maximum atomic E-state index is 5.76. The Morgan fingerprint density at radius 3 is 1.43 bits per heavy atom. The summed E-state index contributed by atoms with van der Waals surface area (Å²) in [7, 11) is 0. The molecule has 1 rings (SSSR count). The van der Waals surface area contributed by atoms with Crippen LogP contribution in [0.3, 0.4) is 0 Å². The van der Waals surface area contributed by atoms with Gasteiger partial charge in [0.1, 0.15) is 12.4 Å². The van der Waals surface area contributed by atoms with E-state index in [4.69, 9.17) is 33.2 Å². The van der Waals surface area contributed by atoms with E-state index in [0.717, 1.165) is 12.2 Å². The van der Waals surface area contributed by atoms with E-state index >= 15 is 0 Å². The first kappa shape index (κ1) is 33.8. The molecule has 0 saturated carbocycles. The number of benzene rings is 1. The predicted octanol–water partition coefficient (Wildman–Crippen LogP) is 5.87. The van der Waals surface area contributed by atoms with E-state index in [1.807, 2.05) is 13.8 Å². The summed E-state index contributed by atoms with van der Waals surface area (Å²) in [5.74, 6) is 0.896. The summed E-state index contributed by atoms with van der Waals surface area (Å²) in [6.45, 7) is 13.0. The van der Waals surface area contributed by atoms with Crippen LogP contribution in [0, 0.1) is 0 Å². The molecule has 0 aromatic heterocycles. The van der Waals surface area contributed by atoms with Crippen LogP contribution in [0.15, 0.2) is 24.3 Å². The zero-order valence-corrected chi connectivity index (χ0v) is 23.9. The minimum absolute atomic E-state index is 0.242. The molecule has 0 spiro atoms. The molecule has 0 saturated heterocycles. The van der Waals surface area contributed by atoms with Crippen molar-refractivity contribution in [2.45, 2.75) is 78.2 Å². The molecular weight excluding hydrogens is 472 g/mol. The van der Waals surface area contributed by atoms with Crippen molar-refractivity contribution in [3.05, 3.63) is 29.8 Å². The zero-order chi connectivity index (χ0) is 26.7. The van der Waals surface area contributed by atoms with Crippen LogP contribution in [0.25, 0.3) is 0 Å². The van der Waals surface area contributed by atoms with Gasteiger partial charge < -0.3 is 33.2 Å². The third kappa shape index (κ3) is 23.6. The van der Waals surface area contributed by atoms with Crippen LogP contribution in [0.4, 0.5) is 0 Å². The van der Waals surface area contributed by atoms with Crippen LogP contribution in [0.5, 0.6) is 5.75 Å². The normalized spacial score (nSPS) is 11.5. The van der Waals surface area contributed by atoms with Gasteiger partial charge in [-0.05, 0) is 44.4 Å². The monoisotopic (exact) mass is 526 g/mol. The van der Waals surface area contributed by atoms with Gasteiger partial charge >= 0.3 is 0 Å². The highest BCUT2D eigenvalue weighted by molar-refractivity contribution is 5.27. The van der Waals surface area contributed by atoms with E-state index in [9.17, 15) is 0 Å². The number of rotatable bonds is 28. The predicted molar refractivity (Wildman–Crippen MR) is 149 cm³/mol. The summed E-state index contributed by atoms with van der Waals surface area (Å²) in [6.07, 6.45) is 10.8. The Labute approximate surface area is 226 Å². The standard InChI is InChI=1S/C30H54O7/c1-4-5-6-7-8-9-10-11-29-12-14-30(15-13-29)37-27-25-35-23-21-33-19-17-31-16-18-32-20-22-34-24-26-36-28(2)3/h12-15,28H,4-11,16-27H2,1-3H3. The molecule has 216 valence electrons. The summed E-state index contributed by atoms with van der Waals surface area (Å²) < 4.78 is 38.6. The van der Waals surface area contributed by atoms with Gasteiger partial charge in [0.15, 0.2) is 0 Å². The van der Waals surface area contributed by atoms with E-state index in [1.165, 1.54) is 50.5 Å². The Morgan fingerprint density at radius 1 is 0.514 bits per heavy atom. The lowest BCUT2D eigenvalue weighted by Gasteiger charge is -2.09. The Morgan fingerprint density at radius 2 is 0.946 bits per heavy atom. The van der Waals surface area contributed by atoms with Crippen LogP contribution >= 0.6 is 0 Å². The Bertz CT molecular complexity index is 580. The molecule has 0 aliphatic carbocycles. The van der Waals surface area contributed by atoms with Crippen LogP contribution in [-0.2, 0) is 34.8 Å². The number of aryl methyl sites for hydroxylation is 1. The lowest BCUT2D eigenvalue weighted by molar-refractivity contribution is -0.0219. The van der Waals surface area contributed by atoms with E-state index in [-0.39, 0.29) is 6.10 Å². The molecule has 0 fully saturated rings. The fourth-order valence-electron chi connectivity index (χ4n) is 3.58. The first-order valence-corrected chi connectivity index (χ1v) is 14.4. The van der Waals surface area contributed by atoms with Gasteiger partial charge in [-0.15, -0.1) is 0 Å². The highest BCUT2D eigenvalue weighted by Crippen LogP contribution is 2.15. The molecule has 7 heteroatoms. The number of hydrogen-bond acceptors (Lipinski definition) is 7. The summed E-state index contributed by atoms with van der Waals surface area (Å²) in [4.78, 5) is 0. The molecule has 7 nitrogen and oxygen atoms in total. The van der Waals surface area contributed by atoms with Crippen molar-refractivity contribution in [3.8, 4) is 5.75 Å². The molecule has 0 radical (unpaired) electrons. The molecule has 1 aromatic carbocycles. The summed E-state index contributed by atoms with van der Waals surface area (Å²) >= 11 is 0. The Balaban J connectivity index is 1.79. The number of unbranched alkanes of at least 4 members (excludes halogenated alkanes) is 6. The second-order valence-corrected chi connectivity index (χ2v) is 9.35. The highest BCUT2D eigenvalue weighted by Gasteiger charge is 1.99. The van der Waals surface area contributed by atoms with Crippen molar-refractivity contribution in [1.82, 2.24) is 0 Å². The molecule has 0 bridgehead atoms. The van der Waals surface area contributed by atoms with E-state index < -0.39 is 0 Å². The molecule has 0 atom stereocenters. The van der Waals surface area contributed by atoms with E-state index in [2.05, 4.69) is 31.2 Å². The maximum absolute atomic E-state index is 5.76. The average molecular weight is 527 g/mol. The van der Waals surface area contributed by atoms with Gasteiger partial charge in [-0.2, -0.15) is 0 Å². The van der Waals surface area contributed by atoms with Gasteiger partial charge in [-0.1, -0.05) is 57.6 Å². The van der Waals surface area contributed by atoms with Gasteiger partial charge in [-0.25, -0.2) is 0 Å². The van der Waals surface area contributed by atoms with Crippen LogP contribution in [0.1, 0.15) is 71.3 Å². The first-order valence-electron chi connectivity index (χ1n) is 14.4. The quantitative estimate of drug-likeness (QED) is 0.127. The molecule has 0 heterocycles. The van der Waals surface area contributed by atoms with Crippen LogP contribution < -0.4 is 4.74 Å². The molecule has 0 unspecified atom stereocenters. The highest BCUT2D eigenvalue weighted by atomic mass is 16.6. The van der Waals surface area contributed by atoms with E-state index in [1.54, 1.807) is 0 Å². The van der Waals surface area contributed by atoms with E-state index in [0.29, 0.717) is 79.3 Å². The van der Waals surface area contributed by atoms with Gasteiger partial charge in [0.05, 0.1) is 78.8 Å². The van der Waals surface area contributed by atoms with Crippen molar-refractivity contribution in [1.29, 1.82) is 0 Å². The fraction of sp³-hybridized carbons (Fsp3) is 0.800. The van der Waals surface area contributed by atoms with Crippen molar-refractivity contribution in [3.63, 3.8) is 0 Å². The fourth-order valence-corrected chi connectivity index (χ4v) is 3.58. The third-order valence-electron chi connectivity index (χ3n) is 5.66. The molecule has 0 aliphatic rings. The van der Waals surface area contributed by atoms with Gasteiger partial charge in [0, 0.05) is 0 Å². The molecule has 1 aromatic rings. The van der Waals surface area contributed by atoms with Gasteiger partial charge in [-0.3, -0.25) is 0 Å². The topological polar surface area (TPSA) is 64.6 Å². The summed E-state index contributed by atoms with van der Waals surface area (Å²) in [6, 6.07) is 8.47. The SMILES string of the molecule is CCCCCCCCCc1ccc(OCCOCCOCCOCCOCCOCCOC(C)C)cc1. The minimum Gasteiger partial charge on any atom is -0.491 e. The second-order valence-electron chi connectivity index (χ2n) is 9.35. The average Bonchev–Trinajstić information content (AvgIpc) is 2.90. The van der Waals surface area contributed by atoms with Crippen LogP contribution in [-0.4, -0.2) is 85.4 Å². The van der Waals surface area contributed by atoms with Crippen molar-refractivity contribution >= 4 is 0 Å². The summed E-state index contributed by atoms with van der Waals surface area (Å²) in [5.41, 5.74) is 1.39. The van der Waals surface area contributed by atoms with Crippen molar-refractivity contribution in [2.75, 3.05) is 79.3 Å². The molecule has 0 N–H and O–H groups in total. The summed E-state index contributed by atoms with van der Waals surface area (Å²) in [5, 5.41) is 0. The zero-order valence-electron chi connectivity index (χ0n) is 23.9. The lowest BCUT2D eigenvalue weighted by atomic mass is 10.0. The molecule has 37 heavy (non-hydrogen) atoms. The van der Waals surface area contributed by atoms with Crippen LogP contribution in [0.2, 0.25) is 0 Å². The van der Waals surface area contributed by atoms with Gasteiger partial charge in [0.2, 0.25) is 0 Å². The Hall–Kier alpha value is -1.22. The molecular formula is C30H54O7. The molecule has 0 aliphatic heterocycles. The minimum atomic E-state index is 0.242. The lowest BCUT2D eigenvalue weighted by Crippen LogP contribution is -2.15. The van der Waals surface area contributed by atoms with Crippen molar-refractivity contribution < 1.29 is 33.2 Å². The molecule has 0 amide bonds. The maximum Gasteiger partial charge on any atom is 0.119 e. The third-order valence-corrected chi connectivity index (χ3v) is 5.66. The van der Waals surface area contributed by atoms with Gasteiger partial charge in [0.25, 0.3) is 0 Å². The number of hydrogen-bond donors (Lipinski definition) is 0. The number of ether oxygens (including phenoxy) is 7. The first-order chi connectivity index (χ1) is 18.2.